The van der Waals surface area contributed by atoms with Crippen LogP contribution in [0.1, 0.15) is 25.0 Å². The Morgan fingerprint density at radius 3 is 2.44 bits per heavy atom. The van der Waals surface area contributed by atoms with Gasteiger partial charge in [0, 0.05) is 30.0 Å². The van der Waals surface area contributed by atoms with Crippen LogP contribution in [0.3, 0.4) is 0 Å². The first-order chi connectivity index (χ1) is 11.7. The second-order valence-corrected chi connectivity index (χ2v) is 8.65. The van der Waals surface area contributed by atoms with Gasteiger partial charge in [0.05, 0.1) is 10.6 Å². The molecular weight excluding hydrogens is 334 g/mol. The maximum atomic E-state index is 11.3. The highest BCUT2D eigenvalue weighted by atomic mass is 32.2. The molecule has 0 fully saturated rings. The molecule has 0 saturated heterocycles. The number of thiol groups is 1. The Bertz CT molecular complexity index is 1120. The van der Waals surface area contributed by atoms with Crippen LogP contribution in [0.4, 0.5) is 5.69 Å². The highest BCUT2D eigenvalue weighted by molar-refractivity contribution is 7.72. The first kappa shape index (κ1) is 16.2. The molecule has 4 rings (SSSR count). The number of hydrogen-bond acceptors (Lipinski definition) is 4. The van der Waals surface area contributed by atoms with E-state index in [1.807, 2.05) is 26.1 Å². The summed E-state index contributed by atoms with van der Waals surface area (Å²) in [5, 5.41) is 14.8. The Morgan fingerprint density at radius 2 is 1.76 bits per heavy atom. The number of fused-ring (bicyclic) bond motifs is 4. The van der Waals surface area contributed by atoms with E-state index in [1.165, 1.54) is 0 Å². The Balaban J connectivity index is 2.18. The number of phenols is 1. The van der Waals surface area contributed by atoms with Gasteiger partial charge in [0.25, 0.3) is 0 Å². The minimum absolute atomic E-state index is 0.137. The zero-order valence-corrected chi connectivity index (χ0v) is 15.6. The van der Waals surface area contributed by atoms with Crippen molar-refractivity contribution in [3.8, 4) is 5.75 Å². The molecule has 0 unspecified atom stereocenters. The van der Waals surface area contributed by atoms with E-state index in [0.717, 1.165) is 44.9 Å². The zero-order valence-electron chi connectivity index (χ0n) is 14.8. The summed E-state index contributed by atoms with van der Waals surface area (Å²) in [6.07, 6.45) is 0. The van der Waals surface area contributed by atoms with Crippen molar-refractivity contribution in [3.63, 3.8) is 0 Å². The van der Waals surface area contributed by atoms with E-state index in [2.05, 4.69) is 24.8 Å². The lowest BCUT2D eigenvalue weighted by atomic mass is 9.83. The Kier molecular flexibility index (Phi) is 3.32. The van der Waals surface area contributed by atoms with Crippen LogP contribution in [-0.4, -0.2) is 27.1 Å². The Labute approximate surface area is 148 Å². The summed E-state index contributed by atoms with van der Waals surface area (Å²) in [7, 11) is -0.565. The normalized spacial score (nSPS) is 16.1. The van der Waals surface area contributed by atoms with Crippen molar-refractivity contribution in [3.05, 3.63) is 41.5 Å². The van der Waals surface area contributed by atoms with Crippen LogP contribution in [0.15, 0.2) is 35.2 Å². The molecule has 0 bridgehead atoms. The molecule has 0 aromatic heterocycles. The summed E-state index contributed by atoms with van der Waals surface area (Å²) < 4.78 is 22.7. The quantitative estimate of drug-likeness (QED) is 0.516. The highest BCUT2D eigenvalue weighted by Gasteiger charge is 2.38. The summed E-state index contributed by atoms with van der Waals surface area (Å²) in [5.41, 5.74) is 2.76. The molecule has 3 aromatic rings. The summed E-state index contributed by atoms with van der Waals surface area (Å²) in [6, 6.07) is 9.26. The van der Waals surface area contributed by atoms with E-state index in [1.54, 1.807) is 12.1 Å². The Hall–Kier alpha value is -2.27. The van der Waals surface area contributed by atoms with Gasteiger partial charge in [-0.25, -0.2) is 8.42 Å². The standard InChI is InChI=1S/C20H21NO3S/c1-11-15-8-12-5-6-14(25(23)24)7-13(12)9-16(15)18-17(19(11)22)20(2,3)10-21(18)4/h5-9,22,25H,10H2,1-4H3. The van der Waals surface area contributed by atoms with E-state index in [-0.39, 0.29) is 5.41 Å². The maximum absolute atomic E-state index is 11.3. The molecule has 0 atom stereocenters. The number of aryl methyl sites for hydroxylation is 1. The molecule has 130 valence electrons. The second kappa shape index (κ2) is 5.11. The third-order valence-electron chi connectivity index (χ3n) is 5.35. The van der Waals surface area contributed by atoms with Crippen molar-refractivity contribution in [2.75, 3.05) is 18.5 Å². The summed E-state index contributed by atoms with van der Waals surface area (Å²) in [5.74, 6) is 0.371. The van der Waals surface area contributed by atoms with Crippen molar-refractivity contribution in [2.24, 2.45) is 0 Å². The predicted octanol–water partition coefficient (Wildman–Crippen LogP) is 3.70. The smallest absolute Gasteiger partial charge is 0.168 e. The number of nitrogens with zero attached hydrogens (tertiary/aromatic N) is 1. The van der Waals surface area contributed by atoms with Crippen LogP contribution in [0, 0.1) is 6.92 Å². The number of anilines is 1. The highest BCUT2D eigenvalue weighted by Crippen LogP contribution is 2.51. The summed E-state index contributed by atoms with van der Waals surface area (Å²) >= 11 is 0. The predicted molar refractivity (Wildman–Crippen MR) is 103 cm³/mol. The third-order valence-corrected chi connectivity index (χ3v) is 6.05. The molecule has 0 radical (unpaired) electrons. The molecular formula is C20H21NO3S. The van der Waals surface area contributed by atoms with Gasteiger partial charge in [-0.3, -0.25) is 0 Å². The molecule has 3 aromatic carbocycles. The van der Waals surface area contributed by atoms with Crippen molar-refractivity contribution in [2.45, 2.75) is 31.1 Å². The first-order valence-electron chi connectivity index (χ1n) is 8.30. The average molecular weight is 355 g/mol. The van der Waals surface area contributed by atoms with Crippen molar-refractivity contribution in [1.29, 1.82) is 0 Å². The van der Waals surface area contributed by atoms with Crippen LogP contribution in [0.5, 0.6) is 5.75 Å². The van der Waals surface area contributed by atoms with Gasteiger partial charge in [-0.1, -0.05) is 19.9 Å². The number of likely N-dealkylation sites (N-methyl/N-ethyl adjacent to an activating group) is 1. The minimum atomic E-state index is -2.60. The maximum Gasteiger partial charge on any atom is 0.168 e. The van der Waals surface area contributed by atoms with E-state index in [4.69, 9.17) is 0 Å². The van der Waals surface area contributed by atoms with Crippen LogP contribution in [0.25, 0.3) is 21.5 Å². The summed E-state index contributed by atoms with van der Waals surface area (Å²) in [6.45, 7) is 7.06. The fourth-order valence-corrected chi connectivity index (χ4v) is 4.70. The van der Waals surface area contributed by atoms with Crippen molar-refractivity contribution in [1.82, 2.24) is 0 Å². The molecule has 0 saturated carbocycles. The van der Waals surface area contributed by atoms with Gasteiger partial charge in [0.2, 0.25) is 0 Å². The lowest BCUT2D eigenvalue weighted by Crippen LogP contribution is -2.25. The largest absolute Gasteiger partial charge is 0.507 e. The van der Waals surface area contributed by atoms with Gasteiger partial charge in [0.1, 0.15) is 5.75 Å². The van der Waals surface area contributed by atoms with E-state index < -0.39 is 10.7 Å². The number of rotatable bonds is 1. The van der Waals surface area contributed by atoms with Gasteiger partial charge in [-0.15, -0.1) is 0 Å². The lowest BCUT2D eigenvalue weighted by molar-refractivity contribution is 0.445. The fraction of sp³-hybridized carbons (Fsp3) is 0.300. The van der Waals surface area contributed by atoms with Gasteiger partial charge in [-0.05, 0) is 52.9 Å². The van der Waals surface area contributed by atoms with E-state index in [9.17, 15) is 13.5 Å². The molecule has 0 aliphatic carbocycles. The molecule has 1 aliphatic rings. The van der Waals surface area contributed by atoms with Gasteiger partial charge < -0.3 is 10.0 Å². The molecule has 1 heterocycles. The van der Waals surface area contributed by atoms with E-state index >= 15 is 0 Å². The lowest BCUT2D eigenvalue weighted by Gasteiger charge is -2.20. The van der Waals surface area contributed by atoms with Crippen LogP contribution >= 0.6 is 0 Å². The molecule has 25 heavy (non-hydrogen) atoms. The number of phenolic OH excluding ortho intramolecular Hbond substituents is 1. The van der Waals surface area contributed by atoms with E-state index in [0.29, 0.717) is 10.6 Å². The second-order valence-electron chi connectivity index (χ2n) is 7.62. The zero-order chi connectivity index (χ0) is 18.1. The number of hydrogen-bond donors (Lipinski definition) is 2. The number of benzene rings is 3. The molecule has 5 heteroatoms. The third kappa shape index (κ3) is 2.22. The SMILES string of the molecule is Cc1c(O)c2c(c3cc4cc([SH](=O)=O)ccc4cc13)N(C)CC2(C)C. The molecule has 4 nitrogen and oxygen atoms in total. The minimum Gasteiger partial charge on any atom is -0.507 e. The van der Waals surface area contributed by atoms with Gasteiger partial charge >= 0.3 is 0 Å². The monoisotopic (exact) mass is 355 g/mol. The topological polar surface area (TPSA) is 57.6 Å². The molecule has 1 N–H and O–H groups in total. The van der Waals surface area contributed by atoms with Crippen LogP contribution < -0.4 is 4.90 Å². The first-order valence-corrected chi connectivity index (χ1v) is 9.47. The van der Waals surface area contributed by atoms with Gasteiger partial charge in [0.15, 0.2) is 10.7 Å². The molecule has 0 spiro atoms. The number of aromatic hydroxyl groups is 1. The van der Waals surface area contributed by atoms with Crippen molar-refractivity contribution < 1.29 is 13.5 Å². The van der Waals surface area contributed by atoms with Crippen LogP contribution in [-0.2, 0) is 16.1 Å². The summed E-state index contributed by atoms with van der Waals surface area (Å²) in [4.78, 5) is 2.50. The van der Waals surface area contributed by atoms with Gasteiger partial charge in [-0.2, -0.15) is 0 Å². The molecule has 1 aliphatic heterocycles. The fourth-order valence-electron chi connectivity index (χ4n) is 4.26. The van der Waals surface area contributed by atoms with Crippen molar-refractivity contribution >= 4 is 37.9 Å². The average Bonchev–Trinajstić information content (AvgIpc) is 2.79. The van der Waals surface area contributed by atoms with Crippen LogP contribution in [0.2, 0.25) is 0 Å². The Morgan fingerprint density at radius 1 is 1.08 bits per heavy atom. The molecule has 0 amide bonds.